The van der Waals surface area contributed by atoms with Crippen LogP contribution in [0.1, 0.15) is 37.4 Å². The predicted octanol–water partition coefficient (Wildman–Crippen LogP) is 2.53. The lowest BCUT2D eigenvalue weighted by atomic mass is 10.1. The number of aromatic nitrogens is 3. The van der Waals surface area contributed by atoms with E-state index in [1.807, 2.05) is 36.1 Å². The Balaban J connectivity index is 1.61. The van der Waals surface area contributed by atoms with Crippen molar-refractivity contribution in [2.24, 2.45) is 0 Å². The number of hydrogen-bond donors (Lipinski definition) is 1. The van der Waals surface area contributed by atoms with Crippen LogP contribution >= 0.6 is 11.3 Å². The van der Waals surface area contributed by atoms with Gasteiger partial charge in [-0.05, 0) is 31.9 Å². The summed E-state index contributed by atoms with van der Waals surface area (Å²) in [6.07, 6.45) is 1.12. The molecule has 1 unspecified atom stereocenters. The number of aryl methyl sites for hydroxylation is 1. The van der Waals surface area contributed by atoms with Gasteiger partial charge < -0.3 is 15.0 Å². The molecule has 0 saturated heterocycles. The van der Waals surface area contributed by atoms with Crippen LogP contribution in [-0.2, 0) is 11.3 Å². The molecule has 3 heterocycles. The number of carbonyl (C=O) groups is 1. The molecule has 1 amide bonds. The fourth-order valence-electron chi connectivity index (χ4n) is 3.61. The summed E-state index contributed by atoms with van der Waals surface area (Å²) in [5, 5.41) is 8.04. The molecule has 1 atom stereocenters. The lowest BCUT2D eigenvalue weighted by Gasteiger charge is -2.35. The second-order valence-electron chi connectivity index (χ2n) is 7.38. The second-order valence-corrected chi connectivity index (χ2v) is 8.54. The largest absolute Gasteiger partial charge is 0.477 e. The topological polar surface area (TPSA) is 88.8 Å². The molecular weight excluding hydrogens is 402 g/mol. The Morgan fingerprint density at radius 3 is 2.87 bits per heavy atom. The number of hydrogen-bond acceptors (Lipinski definition) is 7. The number of para-hydroxylation sites is 2. The monoisotopic (exact) mass is 427 g/mol. The Hall–Kier alpha value is -2.94. The van der Waals surface area contributed by atoms with Crippen LogP contribution in [0.5, 0.6) is 5.75 Å². The van der Waals surface area contributed by atoms with Crippen LogP contribution in [-0.4, -0.2) is 39.2 Å². The first-order valence-corrected chi connectivity index (χ1v) is 11.0. The van der Waals surface area contributed by atoms with E-state index in [-0.39, 0.29) is 17.5 Å². The van der Waals surface area contributed by atoms with Gasteiger partial charge in [-0.15, -0.1) is 0 Å². The highest BCUT2D eigenvalue weighted by atomic mass is 32.1. The molecule has 0 aliphatic carbocycles. The van der Waals surface area contributed by atoms with E-state index < -0.39 is 6.10 Å². The normalized spacial score (nSPS) is 15.9. The first-order chi connectivity index (χ1) is 14.5. The van der Waals surface area contributed by atoms with Crippen LogP contribution in [0.25, 0.3) is 4.96 Å². The van der Waals surface area contributed by atoms with Crippen molar-refractivity contribution in [2.75, 3.05) is 11.4 Å². The van der Waals surface area contributed by atoms with Gasteiger partial charge in [-0.3, -0.25) is 9.59 Å². The van der Waals surface area contributed by atoms with Crippen molar-refractivity contribution in [1.29, 1.82) is 0 Å². The van der Waals surface area contributed by atoms with E-state index in [0.717, 1.165) is 23.5 Å². The van der Waals surface area contributed by atoms with Crippen LogP contribution in [0.4, 0.5) is 5.69 Å². The summed E-state index contributed by atoms with van der Waals surface area (Å²) in [6.45, 7) is 6.74. The van der Waals surface area contributed by atoms with Crippen LogP contribution in [0, 0.1) is 6.92 Å². The molecule has 158 valence electrons. The average molecular weight is 428 g/mol. The molecule has 0 saturated carbocycles. The molecule has 8 nitrogen and oxygen atoms in total. The Labute approximate surface area is 178 Å². The zero-order valence-electron chi connectivity index (χ0n) is 17.3. The third kappa shape index (κ3) is 4.02. The third-order valence-electron chi connectivity index (χ3n) is 5.24. The number of rotatable bonds is 6. The van der Waals surface area contributed by atoms with E-state index in [0.29, 0.717) is 29.5 Å². The van der Waals surface area contributed by atoms with E-state index in [1.54, 1.807) is 0 Å². The van der Waals surface area contributed by atoms with Crippen LogP contribution in [0.2, 0.25) is 0 Å². The summed E-state index contributed by atoms with van der Waals surface area (Å²) < 4.78 is 7.32. The molecule has 0 fully saturated rings. The molecule has 9 heteroatoms. The van der Waals surface area contributed by atoms with Gasteiger partial charge in [-0.2, -0.15) is 9.61 Å². The smallest absolute Gasteiger partial charge is 0.275 e. The maximum atomic E-state index is 12.8. The molecule has 2 aromatic heterocycles. The molecule has 3 aromatic rings. The van der Waals surface area contributed by atoms with Gasteiger partial charge >= 0.3 is 0 Å². The van der Waals surface area contributed by atoms with Crippen molar-refractivity contribution < 1.29 is 9.53 Å². The highest BCUT2D eigenvalue weighted by Gasteiger charge is 2.31. The predicted molar refractivity (Wildman–Crippen MR) is 116 cm³/mol. The van der Waals surface area contributed by atoms with Gasteiger partial charge in [0.15, 0.2) is 6.10 Å². The fraction of sp³-hybridized carbons (Fsp3) is 0.429. The van der Waals surface area contributed by atoms with E-state index >= 15 is 0 Å². The van der Waals surface area contributed by atoms with Gasteiger partial charge in [-0.1, -0.05) is 37.3 Å². The Morgan fingerprint density at radius 2 is 2.10 bits per heavy atom. The van der Waals surface area contributed by atoms with Gasteiger partial charge in [0.1, 0.15) is 10.8 Å². The standard InChI is InChI=1S/C21H25N5O3S/c1-4-14(5-2)22-20(28)18-12-25(16-8-6-7-9-17(16)29-18)11-15-10-19(27)26-21(23-15)30-13(3)24-26/h6-10,14,18H,4-5,11-12H2,1-3H3,(H,22,28). The number of nitrogens with one attached hydrogen (secondary N) is 1. The van der Waals surface area contributed by atoms with Crippen molar-refractivity contribution >= 4 is 27.9 Å². The first-order valence-electron chi connectivity index (χ1n) is 10.2. The molecule has 1 aliphatic heterocycles. The van der Waals surface area contributed by atoms with E-state index in [9.17, 15) is 9.59 Å². The lowest BCUT2D eigenvalue weighted by molar-refractivity contribution is -0.128. The van der Waals surface area contributed by atoms with Crippen molar-refractivity contribution in [3.8, 4) is 5.75 Å². The summed E-state index contributed by atoms with van der Waals surface area (Å²) in [7, 11) is 0. The zero-order valence-corrected chi connectivity index (χ0v) is 18.1. The molecule has 1 N–H and O–H groups in total. The van der Waals surface area contributed by atoms with Crippen molar-refractivity contribution in [3.05, 3.63) is 51.4 Å². The Kier molecular flexibility index (Phi) is 5.72. The third-order valence-corrected chi connectivity index (χ3v) is 6.06. The molecule has 0 radical (unpaired) electrons. The molecule has 1 aromatic carbocycles. The maximum Gasteiger partial charge on any atom is 0.275 e. The SMILES string of the molecule is CCC(CC)NC(=O)C1CN(Cc2cc(=O)n3nc(C)sc3n2)c2ccccc2O1. The Bertz CT molecular complexity index is 1120. The summed E-state index contributed by atoms with van der Waals surface area (Å²) in [5.41, 5.74) is 1.31. The van der Waals surface area contributed by atoms with Crippen molar-refractivity contribution in [3.63, 3.8) is 0 Å². The number of anilines is 1. The van der Waals surface area contributed by atoms with Crippen LogP contribution in [0.3, 0.4) is 0 Å². The Morgan fingerprint density at radius 1 is 1.33 bits per heavy atom. The minimum absolute atomic E-state index is 0.121. The maximum absolute atomic E-state index is 12.8. The van der Waals surface area contributed by atoms with E-state index in [1.165, 1.54) is 21.9 Å². The average Bonchev–Trinajstić information content (AvgIpc) is 3.12. The highest BCUT2D eigenvalue weighted by Crippen LogP contribution is 2.34. The van der Waals surface area contributed by atoms with Crippen molar-refractivity contribution in [1.82, 2.24) is 19.9 Å². The van der Waals surface area contributed by atoms with Crippen LogP contribution in [0.15, 0.2) is 35.1 Å². The summed E-state index contributed by atoms with van der Waals surface area (Å²) in [5.74, 6) is 0.532. The van der Waals surface area contributed by atoms with Gasteiger partial charge in [0.05, 0.1) is 24.5 Å². The number of fused-ring (bicyclic) bond motifs is 2. The van der Waals surface area contributed by atoms with Gasteiger partial charge in [-0.25, -0.2) is 4.98 Å². The summed E-state index contributed by atoms with van der Waals surface area (Å²) >= 11 is 1.38. The summed E-state index contributed by atoms with van der Waals surface area (Å²) in [4.78, 5) is 32.5. The first kappa shape index (κ1) is 20.3. The summed E-state index contributed by atoms with van der Waals surface area (Å²) in [6, 6.07) is 9.25. The van der Waals surface area contributed by atoms with Gasteiger partial charge in [0.25, 0.3) is 11.5 Å². The van der Waals surface area contributed by atoms with E-state index in [4.69, 9.17) is 4.74 Å². The van der Waals surface area contributed by atoms with E-state index in [2.05, 4.69) is 29.2 Å². The molecular formula is C21H25N5O3S. The highest BCUT2D eigenvalue weighted by molar-refractivity contribution is 7.16. The molecule has 1 aliphatic rings. The molecule has 0 bridgehead atoms. The number of nitrogens with zero attached hydrogens (tertiary/aromatic N) is 4. The van der Waals surface area contributed by atoms with Gasteiger partial charge in [0, 0.05) is 12.1 Å². The number of amides is 1. The number of benzene rings is 1. The molecule has 4 rings (SSSR count). The number of ether oxygens (including phenoxy) is 1. The minimum atomic E-state index is -0.629. The second kappa shape index (κ2) is 8.43. The quantitative estimate of drug-likeness (QED) is 0.650. The molecule has 30 heavy (non-hydrogen) atoms. The van der Waals surface area contributed by atoms with Crippen LogP contribution < -0.4 is 20.5 Å². The lowest BCUT2D eigenvalue weighted by Crippen LogP contribution is -2.51. The molecule has 0 spiro atoms. The van der Waals surface area contributed by atoms with Gasteiger partial charge in [0.2, 0.25) is 4.96 Å². The fourth-order valence-corrected chi connectivity index (χ4v) is 4.38. The van der Waals surface area contributed by atoms with Crippen molar-refractivity contribution in [2.45, 2.75) is 52.3 Å². The minimum Gasteiger partial charge on any atom is -0.477 e. The zero-order chi connectivity index (χ0) is 21.3. The number of carbonyl (C=O) groups excluding carboxylic acids is 1.